The van der Waals surface area contributed by atoms with Crippen LogP contribution in [-0.2, 0) is 0 Å². The Morgan fingerprint density at radius 3 is 2.96 bits per heavy atom. The first-order valence-electron chi connectivity index (χ1n) is 8.33. The van der Waals surface area contributed by atoms with E-state index in [9.17, 15) is 0 Å². The van der Waals surface area contributed by atoms with Crippen molar-refractivity contribution in [3.8, 4) is 11.5 Å². The monoisotopic (exact) mass is 418 g/mol. The molecule has 0 radical (unpaired) electrons. The number of hydrogen-bond acceptors (Lipinski definition) is 3. The summed E-state index contributed by atoms with van der Waals surface area (Å²) in [5, 5.41) is 4.12. The van der Waals surface area contributed by atoms with Crippen molar-refractivity contribution in [2.45, 2.75) is 32.0 Å². The molecule has 4 nitrogen and oxygen atoms in total. The summed E-state index contributed by atoms with van der Waals surface area (Å²) in [7, 11) is 0. The van der Waals surface area contributed by atoms with Gasteiger partial charge < -0.3 is 14.8 Å². The molecule has 0 amide bonds. The van der Waals surface area contributed by atoms with Crippen molar-refractivity contribution in [3.05, 3.63) is 52.5 Å². The maximum Gasteiger partial charge on any atom is 0.188 e. The molecule has 2 unspecified atom stereocenters. The molecule has 1 N–H and O–H groups in total. The number of fused-ring (bicyclic) bond motifs is 4. The van der Waals surface area contributed by atoms with Gasteiger partial charge in [-0.15, -0.1) is 0 Å². The molecule has 2 bridgehead atoms. The van der Waals surface area contributed by atoms with Gasteiger partial charge >= 0.3 is 0 Å². The van der Waals surface area contributed by atoms with E-state index in [1.165, 1.54) is 0 Å². The highest BCUT2D eigenvalue weighted by Gasteiger charge is 2.49. The van der Waals surface area contributed by atoms with E-state index < -0.39 is 5.72 Å². The lowest BCUT2D eigenvalue weighted by Crippen LogP contribution is -2.65. The van der Waals surface area contributed by atoms with Gasteiger partial charge in [0.1, 0.15) is 11.5 Å². The Hall–Kier alpha value is -1.79. The number of benzene rings is 2. The Kier molecular flexibility index (Phi) is 4.12. The molecule has 2 atom stereocenters. The highest BCUT2D eigenvalue weighted by atomic mass is 79.9. The molecule has 2 aliphatic heterocycles. The molecular formula is C19H19BrN2O2S. The second kappa shape index (κ2) is 6.18. The van der Waals surface area contributed by atoms with Crippen molar-refractivity contribution < 1.29 is 9.47 Å². The van der Waals surface area contributed by atoms with Crippen LogP contribution in [0.15, 0.2) is 46.9 Å². The molecule has 1 saturated heterocycles. The number of thiocarbonyl (C=S) groups is 1. The smallest absolute Gasteiger partial charge is 0.188 e. The SMILES string of the molecule is CCOc1ccccc1N1C(=S)NC2CC1(C)Oc1ccc(Br)cc12. The largest absolute Gasteiger partial charge is 0.492 e. The van der Waals surface area contributed by atoms with E-state index in [4.69, 9.17) is 21.7 Å². The number of anilines is 1. The number of para-hydroxylation sites is 2. The van der Waals surface area contributed by atoms with Gasteiger partial charge in [-0.2, -0.15) is 0 Å². The topological polar surface area (TPSA) is 33.7 Å². The Labute approximate surface area is 161 Å². The average molecular weight is 419 g/mol. The van der Waals surface area contributed by atoms with Crippen LogP contribution in [0.2, 0.25) is 0 Å². The number of nitrogens with one attached hydrogen (secondary N) is 1. The van der Waals surface area contributed by atoms with E-state index >= 15 is 0 Å². The summed E-state index contributed by atoms with van der Waals surface area (Å²) in [5.41, 5.74) is 1.48. The van der Waals surface area contributed by atoms with E-state index in [-0.39, 0.29) is 6.04 Å². The van der Waals surface area contributed by atoms with Crippen LogP contribution in [0.4, 0.5) is 5.69 Å². The number of ether oxygens (including phenoxy) is 2. The number of nitrogens with zero attached hydrogens (tertiary/aromatic N) is 1. The lowest BCUT2D eigenvalue weighted by Gasteiger charge is -2.52. The molecule has 6 heteroatoms. The van der Waals surface area contributed by atoms with E-state index in [0.717, 1.165) is 33.6 Å². The van der Waals surface area contributed by atoms with Crippen molar-refractivity contribution in [2.24, 2.45) is 0 Å². The quantitative estimate of drug-likeness (QED) is 0.725. The second-order valence-corrected chi connectivity index (χ2v) is 7.70. The van der Waals surface area contributed by atoms with Gasteiger partial charge in [0, 0.05) is 16.5 Å². The first-order valence-corrected chi connectivity index (χ1v) is 9.53. The van der Waals surface area contributed by atoms with Crippen LogP contribution in [0, 0.1) is 0 Å². The first-order chi connectivity index (χ1) is 12.0. The van der Waals surface area contributed by atoms with Crippen molar-refractivity contribution in [2.75, 3.05) is 11.5 Å². The van der Waals surface area contributed by atoms with Crippen LogP contribution in [0.25, 0.3) is 0 Å². The molecule has 1 fully saturated rings. The van der Waals surface area contributed by atoms with Crippen LogP contribution in [0.5, 0.6) is 11.5 Å². The van der Waals surface area contributed by atoms with Gasteiger partial charge in [-0.1, -0.05) is 28.1 Å². The number of rotatable bonds is 3. The summed E-state index contributed by atoms with van der Waals surface area (Å²) in [4.78, 5) is 2.04. The fraction of sp³-hybridized carbons (Fsp3) is 0.316. The molecule has 4 rings (SSSR count). The molecule has 0 aliphatic carbocycles. The van der Waals surface area contributed by atoms with Crippen LogP contribution >= 0.6 is 28.1 Å². The van der Waals surface area contributed by atoms with Gasteiger partial charge in [-0.3, -0.25) is 4.90 Å². The Morgan fingerprint density at radius 1 is 1.36 bits per heavy atom. The molecule has 130 valence electrons. The first kappa shape index (κ1) is 16.7. The van der Waals surface area contributed by atoms with Gasteiger partial charge in [-0.25, -0.2) is 0 Å². The van der Waals surface area contributed by atoms with E-state index in [1.54, 1.807) is 0 Å². The van der Waals surface area contributed by atoms with E-state index in [0.29, 0.717) is 11.7 Å². The molecule has 0 saturated carbocycles. The van der Waals surface area contributed by atoms with Crippen LogP contribution in [-0.4, -0.2) is 17.4 Å². The summed E-state index contributed by atoms with van der Waals surface area (Å²) in [6.45, 7) is 4.66. The predicted molar refractivity (Wildman–Crippen MR) is 106 cm³/mol. The predicted octanol–water partition coefficient (Wildman–Crippen LogP) is 4.78. The van der Waals surface area contributed by atoms with E-state index in [1.807, 2.05) is 48.2 Å². The molecule has 25 heavy (non-hydrogen) atoms. The summed E-state index contributed by atoms with van der Waals surface area (Å²) >= 11 is 9.25. The number of hydrogen-bond donors (Lipinski definition) is 1. The van der Waals surface area contributed by atoms with Crippen LogP contribution in [0.3, 0.4) is 0 Å². The zero-order chi connectivity index (χ0) is 17.6. The lowest BCUT2D eigenvalue weighted by atomic mass is 9.90. The van der Waals surface area contributed by atoms with Gasteiger partial charge in [-0.05, 0) is 56.4 Å². The fourth-order valence-electron chi connectivity index (χ4n) is 3.63. The minimum atomic E-state index is -0.568. The second-order valence-electron chi connectivity index (χ2n) is 6.40. The highest BCUT2D eigenvalue weighted by molar-refractivity contribution is 9.10. The normalized spacial score (nSPS) is 24.2. The molecule has 2 heterocycles. The van der Waals surface area contributed by atoms with Crippen molar-refractivity contribution >= 4 is 38.9 Å². The van der Waals surface area contributed by atoms with Crippen molar-refractivity contribution in [1.29, 1.82) is 0 Å². The lowest BCUT2D eigenvalue weighted by molar-refractivity contribution is 0.0493. The summed E-state index contributed by atoms with van der Waals surface area (Å²) in [6.07, 6.45) is 0.789. The zero-order valence-electron chi connectivity index (χ0n) is 14.1. The van der Waals surface area contributed by atoms with Crippen molar-refractivity contribution in [3.63, 3.8) is 0 Å². The van der Waals surface area contributed by atoms with Gasteiger partial charge in [0.2, 0.25) is 0 Å². The molecule has 0 aromatic heterocycles. The standard InChI is InChI=1S/C19H19BrN2O2S/c1-3-23-17-7-5-4-6-15(17)22-18(25)21-14-11-19(22,2)24-16-9-8-12(20)10-13(14)16/h4-10,14H,3,11H2,1-2H3,(H,21,25). The highest BCUT2D eigenvalue weighted by Crippen LogP contribution is 2.47. The third-order valence-corrected chi connectivity index (χ3v) is 5.43. The summed E-state index contributed by atoms with van der Waals surface area (Å²) < 4.78 is 13.3. The third kappa shape index (κ3) is 2.77. The molecule has 2 aromatic rings. The van der Waals surface area contributed by atoms with Gasteiger partial charge in [0.15, 0.2) is 10.8 Å². The molecule has 2 aromatic carbocycles. The minimum Gasteiger partial charge on any atom is -0.492 e. The summed E-state index contributed by atoms with van der Waals surface area (Å²) in [5.74, 6) is 1.69. The van der Waals surface area contributed by atoms with Gasteiger partial charge in [0.05, 0.1) is 18.3 Å². The Morgan fingerprint density at radius 2 is 2.16 bits per heavy atom. The maximum atomic E-state index is 6.44. The van der Waals surface area contributed by atoms with Gasteiger partial charge in [0.25, 0.3) is 0 Å². The number of halogens is 1. The molecule has 2 aliphatic rings. The Bertz CT molecular complexity index is 844. The average Bonchev–Trinajstić information content (AvgIpc) is 2.57. The summed E-state index contributed by atoms with van der Waals surface area (Å²) in [6, 6.07) is 14.2. The third-order valence-electron chi connectivity index (χ3n) is 4.64. The van der Waals surface area contributed by atoms with Crippen molar-refractivity contribution in [1.82, 2.24) is 5.32 Å². The van der Waals surface area contributed by atoms with E-state index in [2.05, 4.69) is 34.2 Å². The Balaban J connectivity index is 1.80. The minimum absolute atomic E-state index is 0.134. The van der Waals surface area contributed by atoms with Crippen LogP contribution in [0.1, 0.15) is 31.9 Å². The van der Waals surface area contributed by atoms with Crippen LogP contribution < -0.4 is 19.7 Å². The molecule has 0 spiro atoms. The fourth-order valence-corrected chi connectivity index (χ4v) is 4.44. The zero-order valence-corrected chi connectivity index (χ0v) is 16.5. The molecular weight excluding hydrogens is 400 g/mol. The maximum absolute atomic E-state index is 6.44.